The molecule has 0 aliphatic heterocycles. The van der Waals surface area contributed by atoms with Gasteiger partial charge in [-0.1, -0.05) is 17.7 Å². The van der Waals surface area contributed by atoms with Gasteiger partial charge in [0.15, 0.2) is 0 Å². The summed E-state index contributed by atoms with van der Waals surface area (Å²) in [5, 5.41) is 9.93. The molecule has 0 amide bonds. The molecule has 16 heavy (non-hydrogen) atoms. The van der Waals surface area contributed by atoms with Crippen molar-refractivity contribution in [3.05, 3.63) is 58.3 Å². The van der Waals surface area contributed by atoms with Crippen LogP contribution < -0.4 is 0 Å². The monoisotopic (exact) mass is 240 g/mol. The number of aryl methyl sites for hydroxylation is 1. The third kappa shape index (κ3) is 2.10. The number of furan rings is 1. The number of aliphatic hydroxyl groups is 1. The van der Waals surface area contributed by atoms with Crippen LogP contribution in [0.2, 0.25) is 5.02 Å². The van der Waals surface area contributed by atoms with E-state index in [4.69, 9.17) is 16.0 Å². The van der Waals surface area contributed by atoms with E-state index in [0.29, 0.717) is 17.1 Å². The first-order valence-corrected chi connectivity index (χ1v) is 5.15. The van der Waals surface area contributed by atoms with Gasteiger partial charge in [0.05, 0.1) is 5.02 Å². The van der Waals surface area contributed by atoms with Gasteiger partial charge in [-0.2, -0.15) is 0 Å². The van der Waals surface area contributed by atoms with E-state index in [9.17, 15) is 9.50 Å². The van der Waals surface area contributed by atoms with Gasteiger partial charge < -0.3 is 9.52 Å². The molecule has 0 saturated carbocycles. The SMILES string of the molecule is Cc1ccc([C@@H](O)c2ccc(F)c(Cl)c2)o1. The van der Waals surface area contributed by atoms with Crippen LogP contribution in [0.25, 0.3) is 0 Å². The molecule has 0 radical (unpaired) electrons. The molecule has 0 saturated heterocycles. The Kier molecular flexibility index (Phi) is 2.99. The van der Waals surface area contributed by atoms with Crippen molar-refractivity contribution in [2.75, 3.05) is 0 Å². The van der Waals surface area contributed by atoms with Gasteiger partial charge in [-0.25, -0.2) is 4.39 Å². The molecule has 1 heterocycles. The standard InChI is InChI=1S/C12H10ClFO2/c1-7-2-5-11(16-7)12(15)8-3-4-10(14)9(13)6-8/h2-6,12,15H,1H3/t12-/m0/s1. The summed E-state index contributed by atoms with van der Waals surface area (Å²) in [5.74, 6) is 0.621. The van der Waals surface area contributed by atoms with Gasteiger partial charge in [0.1, 0.15) is 23.4 Å². The molecule has 1 atom stereocenters. The van der Waals surface area contributed by atoms with Crippen LogP contribution in [0, 0.1) is 12.7 Å². The highest BCUT2D eigenvalue weighted by molar-refractivity contribution is 6.30. The molecule has 0 bridgehead atoms. The lowest BCUT2D eigenvalue weighted by molar-refractivity contribution is 0.187. The van der Waals surface area contributed by atoms with Crippen LogP contribution in [-0.2, 0) is 0 Å². The third-order valence-electron chi connectivity index (χ3n) is 2.29. The molecular formula is C12H10ClFO2. The van der Waals surface area contributed by atoms with E-state index in [2.05, 4.69) is 0 Å². The maximum atomic E-state index is 12.9. The summed E-state index contributed by atoms with van der Waals surface area (Å²) in [6, 6.07) is 7.51. The van der Waals surface area contributed by atoms with Gasteiger partial charge >= 0.3 is 0 Å². The molecule has 2 aromatic rings. The van der Waals surface area contributed by atoms with E-state index in [0.717, 1.165) is 0 Å². The number of hydrogen-bond donors (Lipinski definition) is 1. The second-order valence-corrected chi connectivity index (χ2v) is 3.93. The zero-order valence-electron chi connectivity index (χ0n) is 8.58. The molecule has 0 aliphatic carbocycles. The molecule has 0 fully saturated rings. The molecule has 2 nitrogen and oxygen atoms in total. The van der Waals surface area contributed by atoms with Crippen LogP contribution >= 0.6 is 11.6 Å². The van der Waals surface area contributed by atoms with Gasteiger partial charge in [-0.15, -0.1) is 0 Å². The van der Waals surface area contributed by atoms with Crippen LogP contribution in [0.15, 0.2) is 34.7 Å². The molecule has 1 N–H and O–H groups in total. The third-order valence-corrected chi connectivity index (χ3v) is 2.58. The highest BCUT2D eigenvalue weighted by Gasteiger charge is 2.15. The van der Waals surface area contributed by atoms with Crippen LogP contribution in [-0.4, -0.2) is 5.11 Å². The van der Waals surface area contributed by atoms with Crippen LogP contribution in [0.5, 0.6) is 0 Å². The van der Waals surface area contributed by atoms with Crippen molar-refractivity contribution in [1.82, 2.24) is 0 Å². The molecule has 4 heteroatoms. The molecule has 0 aliphatic rings. The Hall–Kier alpha value is -1.32. The first kappa shape index (κ1) is 11.2. The summed E-state index contributed by atoms with van der Waals surface area (Å²) in [5.41, 5.74) is 0.501. The number of rotatable bonds is 2. The van der Waals surface area contributed by atoms with E-state index in [-0.39, 0.29) is 5.02 Å². The quantitative estimate of drug-likeness (QED) is 0.872. The molecule has 0 spiro atoms. The van der Waals surface area contributed by atoms with Crippen molar-refractivity contribution in [2.45, 2.75) is 13.0 Å². The molecule has 1 aromatic carbocycles. The number of benzene rings is 1. The largest absolute Gasteiger partial charge is 0.463 e. The minimum Gasteiger partial charge on any atom is -0.463 e. The van der Waals surface area contributed by atoms with Crippen molar-refractivity contribution >= 4 is 11.6 Å². The Morgan fingerprint density at radius 3 is 2.62 bits per heavy atom. The van der Waals surface area contributed by atoms with Crippen molar-refractivity contribution in [3.63, 3.8) is 0 Å². The molecular weight excluding hydrogens is 231 g/mol. The lowest BCUT2D eigenvalue weighted by atomic mass is 10.1. The Bertz CT molecular complexity index is 507. The van der Waals surface area contributed by atoms with Crippen molar-refractivity contribution in [1.29, 1.82) is 0 Å². The summed E-state index contributed by atoms with van der Waals surface area (Å²) in [6.07, 6.45) is -0.924. The minimum absolute atomic E-state index is 0.0140. The summed E-state index contributed by atoms with van der Waals surface area (Å²) < 4.78 is 18.2. The number of hydrogen-bond acceptors (Lipinski definition) is 2. The fourth-order valence-electron chi connectivity index (χ4n) is 1.45. The zero-order valence-corrected chi connectivity index (χ0v) is 9.33. The Labute approximate surface area is 97.3 Å². The van der Waals surface area contributed by atoms with Crippen molar-refractivity contribution in [3.8, 4) is 0 Å². The molecule has 84 valence electrons. The Morgan fingerprint density at radius 2 is 2.06 bits per heavy atom. The van der Waals surface area contributed by atoms with Gasteiger partial charge in [-0.05, 0) is 36.8 Å². The maximum absolute atomic E-state index is 12.9. The normalized spacial score (nSPS) is 12.8. The highest BCUT2D eigenvalue weighted by Crippen LogP contribution is 2.26. The predicted molar refractivity (Wildman–Crippen MR) is 58.9 cm³/mol. The fraction of sp³-hybridized carbons (Fsp3) is 0.167. The topological polar surface area (TPSA) is 33.4 Å². The summed E-state index contributed by atoms with van der Waals surface area (Å²) in [7, 11) is 0. The summed E-state index contributed by atoms with van der Waals surface area (Å²) in [4.78, 5) is 0. The van der Waals surface area contributed by atoms with Crippen LogP contribution in [0.3, 0.4) is 0 Å². The first-order valence-electron chi connectivity index (χ1n) is 4.77. The average molecular weight is 241 g/mol. The average Bonchev–Trinajstić information content (AvgIpc) is 2.68. The minimum atomic E-state index is -0.924. The second kappa shape index (κ2) is 4.28. The smallest absolute Gasteiger partial charge is 0.141 e. The Balaban J connectivity index is 2.33. The van der Waals surface area contributed by atoms with E-state index in [1.54, 1.807) is 19.1 Å². The van der Waals surface area contributed by atoms with E-state index >= 15 is 0 Å². The molecule has 2 rings (SSSR count). The maximum Gasteiger partial charge on any atom is 0.141 e. The second-order valence-electron chi connectivity index (χ2n) is 3.52. The summed E-state index contributed by atoms with van der Waals surface area (Å²) >= 11 is 5.63. The van der Waals surface area contributed by atoms with E-state index < -0.39 is 11.9 Å². The van der Waals surface area contributed by atoms with Crippen molar-refractivity contribution in [2.24, 2.45) is 0 Å². The summed E-state index contributed by atoms with van der Waals surface area (Å²) in [6.45, 7) is 1.79. The Morgan fingerprint density at radius 1 is 1.31 bits per heavy atom. The molecule has 1 aromatic heterocycles. The highest BCUT2D eigenvalue weighted by atomic mass is 35.5. The van der Waals surface area contributed by atoms with Gasteiger partial charge in [0.25, 0.3) is 0 Å². The zero-order chi connectivity index (χ0) is 11.7. The lowest BCUT2D eigenvalue weighted by Crippen LogP contribution is -1.98. The van der Waals surface area contributed by atoms with E-state index in [1.807, 2.05) is 0 Å². The first-order chi connectivity index (χ1) is 7.58. The fourth-order valence-corrected chi connectivity index (χ4v) is 1.64. The predicted octanol–water partition coefficient (Wildman–Crippen LogP) is 3.46. The van der Waals surface area contributed by atoms with Gasteiger partial charge in [0.2, 0.25) is 0 Å². The van der Waals surface area contributed by atoms with Gasteiger partial charge in [0, 0.05) is 0 Å². The van der Waals surface area contributed by atoms with Crippen LogP contribution in [0.4, 0.5) is 4.39 Å². The van der Waals surface area contributed by atoms with E-state index in [1.165, 1.54) is 18.2 Å². The van der Waals surface area contributed by atoms with Crippen molar-refractivity contribution < 1.29 is 13.9 Å². The molecule has 0 unspecified atom stereocenters. The van der Waals surface area contributed by atoms with Gasteiger partial charge in [-0.3, -0.25) is 0 Å². The van der Waals surface area contributed by atoms with Crippen LogP contribution in [0.1, 0.15) is 23.2 Å². The number of aliphatic hydroxyl groups excluding tert-OH is 1. The lowest BCUT2D eigenvalue weighted by Gasteiger charge is -2.08. The number of halogens is 2.